The van der Waals surface area contributed by atoms with Crippen LogP contribution in [0, 0.1) is 0 Å². The molecular formula is C15H11NO3S. The van der Waals surface area contributed by atoms with Crippen LogP contribution in [0.1, 0.15) is 10.4 Å². The van der Waals surface area contributed by atoms with E-state index in [1.165, 1.54) is 22.3 Å². The lowest BCUT2D eigenvalue weighted by Gasteiger charge is -2.07. The van der Waals surface area contributed by atoms with E-state index in [0.717, 1.165) is 5.39 Å². The van der Waals surface area contributed by atoms with Gasteiger partial charge in [0.15, 0.2) is 0 Å². The molecule has 100 valence electrons. The zero-order valence-corrected chi connectivity index (χ0v) is 11.2. The largest absolute Gasteiger partial charge is 0.298 e. The van der Waals surface area contributed by atoms with Crippen LogP contribution in [0.4, 0.5) is 0 Å². The van der Waals surface area contributed by atoms with Crippen molar-refractivity contribution in [3.63, 3.8) is 0 Å². The van der Waals surface area contributed by atoms with Crippen LogP contribution in [-0.4, -0.2) is 18.7 Å². The molecule has 0 spiro atoms. The molecule has 0 bridgehead atoms. The second-order valence-corrected chi connectivity index (χ2v) is 6.18. The maximum Gasteiger partial charge on any atom is 0.268 e. The molecule has 0 atom stereocenters. The molecule has 4 nitrogen and oxygen atoms in total. The molecule has 0 aliphatic heterocycles. The summed E-state index contributed by atoms with van der Waals surface area (Å²) in [5.41, 5.74) is 0.951. The molecule has 3 rings (SSSR count). The molecule has 0 fully saturated rings. The van der Waals surface area contributed by atoms with Gasteiger partial charge in [0.1, 0.15) is 6.29 Å². The third kappa shape index (κ3) is 1.92. The first-order valence-electron chi connectivity index (χ1n) is 6.00. The molecule has 0 saturated heterocycles. The minimum Gasteiger partial charge on any atom is -0.298 e. The lowest BCUT2D eigenvalue weighted by atomic mass is 10.2. The van der Waals surface area contributed by atoms with Gasteiger partial charge in [0, 0.05) is 17.1 Å². The summed E-state index contributed by atoms with van der Waals surface area (Å²) in [5, 5.41) is 0.850. The highest BCUT2D eigenvalue weighted by Crippen LogP contribution is 2.22. The van der Waals surface area contributed by atoms with Crippen molar-refractivity contribution in [2.75, 3.05) is 0 Å². The van der Waals surface area contributed by atoms with Gasteiger partial charge in [-0.05, 0) is 24.3 Å². The number of hydrogen-bond donors (Lipinski definition) is 0. The highest BCUT2D eigenvalue weighted by molar-refractivity contribution is 7.90. The molecule has 1 heterocycles. The van der Waals surface area contributed by atoms with Gasteiger partial charge in [-0.2, -0.15) is 0 Å². The van der Waals surface area contributed by atoms with Gasteiger partial charge in [0.25, 0.3) is 10.0 Å². The number of hydrogen-bond acceptors (Lipinski definition) is 3. The van der Waals surface area contributed by atoms with Gasteiger partial charge in [-0.15, -0.1) is 0 Å². The van der Waals surface area contributed by atoms with Gasteiger partial charge in [-0.1, -0.05) is 30.3 Å². The molecule has 20 heavy (non-hydrogen) atoms. The first-order valence-corrected chi connectivity index (χ1v) is 7.44. The van der Waals surface area contributed by atoms with E-state index in [-0.39, 0.29) is 4.90 Å². The van der Waals surface area contributed by atoms with Crippen LogP contribution < -0.4 is 0 Å². The Kier molecular flexibility index (Phi) is 2.91. The average molecular weight is 285 g/mol. The number of para-hydroxylation sites is 1. The SMILES string of the molecule is O=Cc1cccc(S(=O)(=O)n2ccc3ccccc32)c1. The van der Waals surface area contributed by atoms with Crippen LogP contribution >= 0.6 is 0 Å². The Morgan fingerprint density at radius 3 is 2.55 bits per heavy atom. The fourth-order valence-corrected chi connectivity index (χ4v) is 3.54. The molecule has 1 aromatic heterocycles. The average Bonchev–Trinajstić information content (AvgIpc) is 2.92. The molecule has 0 N–H and O–H groups in total. The van der Waals surface area contributed by atoms with Gasteiger partial charge in [-0.3, -0.25) is 4.79 Å². The smallest absolute Gasteiger partial charge is 0.268 e. The number of carbonyl (C=O) groups is 1. The summed E-state index contributed by atoms with van der Waals surface area (Å²) in [4.78, 5) is 10.9. The predicted molar refractivity (Wildman–Crippen MR) is 76.4 cm³/mol. The topological polar surface area (TPSA) is 56.1 Å². The maximum atomic E-state index is 12.6. The van der Waals surface area contributed by atoms with E-state index in [1.807, 2.05) is 12.1 Å². The molecule has 0 saturated carbocycles. The van der Waals surface area contributed by atoms with E-state index < -0.39 is 10.0 Å². The lowest BCUT2D eigenvalue weighted by Crippen LogP contribution is -2.11. The van der Waals surface area contributed by atoms with E-state index in [1.54, 1.807) is 30.3 Å². The molecular weight excluding hydrogens is 274 g/mol. The Balaban J connectivity index is 2.23. The number of benzene rings is 2. The summed E-state index contributed by atoms with van der Waals surface area (Å²) in [6.07, 6.45) is 2.15. The number of carbonyl (C=O) groups excluding carboxylic acids is 1. The lowest BCUT2D eigenvalue weighted by molar-refractivity contribution is 0.112. The summed E-state index contributed by atoms with van der Waals surface area (Å²) in [6.45, 7) is 0. The monoisotopic (exact) mass is 285 g/mol. The highest BCUT2D eigenvalue weighted by atomic mass is 32.2. The quantitative estimate of drug-likeness (QED) is 0.695. The van der Waals surface area contributed by atoms with Crippen LogP contribution in [-0.2, 0) is 10.0 Å². The fraction of sp³-hybridized carbons (Fsp3) is 0. The highest BCUT2D eigenvalue weighted by Gasteiger charge is 2.18. The van der Waals surface area contributed by atoms with Crippen LogP contribution in [0.15, 0.2) is 65.7 Å². The molecule has 2 aromatic carbocycles. The summed E-state index contributed by atoms with van der Waals surface area (Å²) in [7, 11) is -3.70. The Labute approximate surface area is 116 Å². The molecule has 0 radical (unpaired) electrons. The minimum atomic E-state index is -3.70. The third-order valence-electron chi connectivity index (χ3n) is 3.11. The summed E-state index contributed by atoms with van der Waals surface area (Å²) in [6, 6.07) is 15.0. The predicted octanol–water partition coefficient (Wildman–Crippen LogP) is 2.69. The Morgan fingerprint density at radius 2 is 1.75 bits per heavy atom. The van der Waals surface area contributed by atoms with Crippen molar-refractivity contribution in [3.05, 3.63) is 66.4 Å². The number of aromatic nitrogens is 1. The van der Waals surface area contributed by atoms with Crippen LogP contribution in [0.3, 0.4) is 0 Å². The summed E-state index contributed by atoms with van der Waals surface area (Å²) in [5.74, 6) is 0. The maximum absolute atomic E-state index is 12.6. The Morgan fingerprint density at radius 1 is 0.950 bits per heavy atom. The molecule has 0 unspecified atom stereocenters. The zero-order valence-electron chi connectivity index (χ0n) is 10.4. The molecule has 0 amide bonds. The second kappa shape index (κ2) is 4.61. The number of fused-ring (bicyclic) bond motifs is 1. The number of aldehydes is 1. The van der Waals surface area contributed by atoms with Crippen molar-refractivity contribution in [2.24, 2.45) is 0 Å². The zero-order chi connectivity index (χ0) is 14.2. The minimum absolute atomic E-state index is 0.100. The van der Waals surface area contributed by atoms with Crippen molar-refractivity contribution in [2.45, 2.75) is 4.90 Å². The van der Waals surface area contributed by atoms with Gasteiger partial charge in [-0.25, -0.2) is 12.4 Å². The summed E-state index contributed by atoms with van der Waals surface area (Å²) >= 11 is 0. The molecule has 3 aromatic rings. The van der Waals surface area contributed by atoms with E-state index in [4.69, 9.17) is 0 Å². The normalized spacial score (nSPS) is 11.6. The number of rotatable bonds is 3. The van der Waals surface area contributed by atoms with E-state index in [0.29, 0.717) is 17.4 Å². The summed E-state index contributed by atoms with van der Waals surface area (Å²) < 4.78 is 26.5. The van der Waals surface area contributed by atoms with Crippen LogP contribution in [0.2, 0.25) is 0 Å². The van der Waals surface area contributed by atoms with E-state index >= 15 is 0 Å². The van der Waals surface area contributed by atoms with E-state index in [2.05, 4.69) is 0 Å². The first-order chi connectivity index (χ1) is 9.63. The van der Waals surface area contributed by atoms with Gasteiger partial charge >= 0.3 is 0 Å². The Bertz CT molecular complexity index is 894. The van der Waals surface area contributed by atoms with Crippen LogP contribution in [0.25, 0.3) is 10.9 Å². The van der Waals surface area contributed by atoms with Gasteiger partial charge in [0.2, 0.25) is 0 Å². The van der Waals surface area contributed by atoms with Crippen molar-refractivity contribution >= 4 is 27.2 Å². The van der Waals surface area contributed by atoms with E-state index in [9.17, 15) is 13.2 Å². The second-order valence-electron chi connectivity index (χ2n) is 4.37. The van der Waals surface area contributed by atoms with Crippen molar-refractivity contribution in [1.82, 2.24) is 3.97 Å². The van der Waals surface area contributed by atoms with Crippen molar-refractivity contribution in [1.29, 1.82) is 0 Å². The number of nitrogens with zero attached hydrogens (tertiary/aromatic N) is 1. The van der Waals surface area contributed by atoms with Gasteiger partial charge < -0.3 is 0 Å². The van der Waals surface area contributed by atoms with Crippen molar-refractivity contribution in [3.8, 4) is 0 Å². The molecule has 0 aliphatic rings. The molecule has 5 heteroatoms. The Hall–Kier alpha value is -2.40. The fourth-order valence-electron chi connectivity index (χ4n) is 2.13. The molecule has 0 aliphatic carbocycles. The van der Waals surface area contributed by atoms with Crippen LogP contribution in [0.5, 0.6) is 0 Å². The van der Waals surface area contributed by atoms with Crippen molar-refractivity contribution < 1.29 is 13.2 Å². The third-order valence-corrected chi connectivity index (χ3v) is 4.80. The first kappa shape index (κ1) is 12.6. The standard InChI is InChI=1S/C15H11NO3S/c17-11-12-4-3-6-14(10-12)20(18,19)16-9-8-13-5-1-2-7-15(13)16/h1-11H. The van der Waals surface area contributed by atoms with Gasteiger partial charge in [0.05, 0.1) is 10.4 Å².